The highest BCUT2D eigenvalue weighted by molar-refractivity contribution is 6.26. The zero-order valence-corrected chi connectivity index (χ0v) is 15.3. The lowest BCUT2D eigenvalue weighted by atomic mass is 9.88. The number of nitrogens with one attached hydrogen (secondary N) is 1. The molecular weight excluding hydrogens is 342 g/mol. The lowest BCUT2D eigenvalue weighted by molar-refractivity contribution is -0.126. The SMILES string of the molecule is Cc1ccc(NC=C2C(=O)C(C)(C)Oc3cc4ccc(=O)oc4cc32)cc1. The van der Waals surface area contributed by atoms with Gasteiger partial charge >= 0.3 is 5.63 Å². The zero-order valence-electron chi connectivity index (χ0n) is 15.3. The minimum atomic E-state index is -0.989. The van der Waals surface area contributed by atoms with Gasteiger partial charge in [-0.25, -0.2) is 4.79 Å². The van der Waals surface area contributed by atoms with Crippen LogP contribution < -0.4 is 15.7 Å². The summed E-state index contributed by atoms with van der Waals surface area (Å²) in [6, 6.07) is 14.4. The topological polar surface area (TPSA) is 68.5 Å². The molecule has 2 aromatic carbocycles. The number of hydrogen-bond acceptors (Lipinski definition) is 5. The summed E-state index contributed by atoms with van der Waals surface area (Å²) in [5.74, 6) is 0.435. The van der Waals surface area contributed by atoms with Crippen LogP contribution in [0.5, 0.6) is 5.75 Å². The van der Waals surface area contributed by atoms with Crippen molar-refractivity contribution in [2.24, 2.45) is 0 Å². The van der Waals surface area contributed by atoms with Crippen LogP contribution in [0.2, 0.25) is 0 Å². The van der Waals surface area contributed by atoms with Gasteiger partial charge in [-0.1, -0.05) is 17.7 Å². The van der Waals surface area contributed by atoms with E-state index in [2.05, 4.69) is 5.32 Å². The van der Waals surface area contributed by atoms with Crippen LogP contribution >= 0.6 is 0 Å². The summed E-state index contributed by atoms with van der Waals surface area (Å²) >= 11 is 0. The molecule has 0 unspecified atom stereocenters. The van der Waals surface area contributed by atoms with Gasteiger partial charge in [0.2, 0.25) is 5.78 Å². The first kappa shape index (κ1) is 17.1. The Morgan fingerprint density at radius 2 is 1.74 bits per heavy atom. The summed E-state index contributed by atoms with van der Waals surface area (Å²) in [7, 11) is 0. The van der Waals surface area contributed by atoms with Crippen molar-refractivity contribution in [1.29, 1.82) is 0 Å². The highest BCUT2D eigenvalue weighted by atomic mass is 16.5. The third kappa shape index (κ3) is 3.12. The molecule has 2 heterocycles. The summed E-state index contributed by atoms with van der Waals surface area (Å²) < 4.78 is 11.2. The molecule has 1 aromatic heterocycles. The quantitative estimate of drug-likeness (QED) is 0.545. The van der Waals surface area contributed by atoms with Crippen LogP contribution in [-0.4, -0.2) is 11.4 Å². The molecule has 0 amide bonds. The molecular formula is C22H19NO4. The zero-order chi connectivity index (χ0) is 19.2. The molecule has 0 spiro atoms. The molecule has 136 valence electrons. The Labute approximate surface area is 156 Å². The second kappa shape index (κ2) is 6.13. The van der Waals surface area contributed by atoms with E-state index in [9.17, 15) is 9.59 Å². The largest absolute Gasteiger partial charge is 0.479 e. The maximum absolute atomic E-state index is 13.0. The number of fused-ring (bicyclic) bond motifs is 2. The number of Topliss-reactive ketones (excluding diaryl/α,β-unsaturated/α-hetero) is 1. The van der Waals surface area contributed by atoms with Crippen molar-refractivity contribution < 1.29 is 13.9 Å². The number of carbonyl (C=O) groups is 1. The Bertz CT molecular complexity index is 1140. The van der Waals surface area contributed by atoms with Gasteiger partial charge in [0.25, 0.3) is 0 Å². The van der Waals surface area contributed by atoms with E-state index >= 15 is 0 Å². The van der Waals surface area contributed by atoms with Crippen molar-refractivity contribution in [3.63, 3.8) is 0 Å². The van der Waals surface area contributed by atoms with Crippen molar-refractivity contribution in [3.05, 3.63) is 76.3 Å². The van der Waals surface area contributed by atoms with E-state index in [0.717, 1.165) is 16.6 Å². The molecule has 5 nitrogen and oxygen atoms in total. The van der Waals surface area contributed by atoms with Crippen LogP contribution in [0.25, 0.3) is 16.5 Å². The number of ketones is 1. The van der Waals surface area contributed by atoms with Crippen LogP contribution in [0.3, 0.4) is 0 Å². The molecule has 0 saturated carbocycles. The Balaban J connectivity index is 1.84. The minimum Gasteiger partial charge on any atom is -0.479 e. The van der Waals surface area contributed by atoms with Crippen molar-refractivity contribution in [2.45, 2.75) is 26.4 Å². The number of carbonyl (C=O) groups excluding carboxylic acids is 1. The van der Waals surface area contributed by atoms with Crippen molar-refractivity contribution >= 4 is 28.0 Å². The van der Waals surface area contributed by atoms with Gasteiger partial charge in [-0.3, -0.25) is 4.79 Å². The van der Waals surface area contributed by atoms with Gasteiger partial charge < -0.3 is 14.5 Å². The van der Waals surface area contributed by atoms with Gasteiger partial charge in [-0.05, 0) is 51.1 Å². The smallest absolute Gasteiger partial charge is 0.336 e. The van der Waals surface area contributed by atoms with Crippen LogP contribution in [0.15, 0.2) is 63.9 Å². The molecule has 5 heteroatoms. The lowest BCUT2D eigenvalue weighted by Crippen LogP contribution is -2.42. The maximum atomic E-state index is 13.0. The fraction of sp³-hybridized carbons (Fsp3) is 0.182. The van der Waals surface area contributed by atoms with Crippen molar-refractivity contribution in [1.82, 2.24) is 0 Å². The van der Waals surface area contributed by atoms with E-state index in [1.54, 1.807) is 38.2 Å². The van der Waals surface area contributed by atoms with E-state index in [0.29, 0.717) is 22.5 Å². The molecule has 1 N–H and O–H groups in total. The minimum absolute atomic E-state index is 0.146. The summed E-state index contributed by atoms with van der Waals surface area (Å²) in [5, 5.41) is 3.92. The average molecular weight is 361 g/mol. The van der Waals surface area contributed by atoms with Crippen molar-refractivity contribution in [3.8, 4) is 5.75 Å². The van der Waals surface area contributed by atoms with Gasteiger partial charge in [-0.15, -0.1) is 0 Å². The number of anilines is 1. The molecule has 0 bridgehead atoms. The Hall–Kier alpha value is -3.34. The van der Waals surface area contributed by atoms with E-state index in [4.69, 9.17) is 9.15 Å². The lowest BCUT2D eigenvalue weighted by Gasteiger charge is -2.32. The number of benzene rings is 2. The first-order valence-corrected chi connectivity index (χ1v) is 8.69. The molecule has 0 aliphatic carbocycles. The summed E-state index contributed by atoms with van der Waals surface area (Å²) in [4.78, 5) is 24.5. The summed E-state index contributed by atoms with van der Waals surface area (Å²) in [5.41, 5.74) is 2.10. The fourth-order valence-electron chi connectivity index (χ4n) is 3.11. The molecule has 3 aromatic rings. The van der Waals surface area contributed by atoms with E-state index in [1.165, 1.54) is 6.07 Å². The molecule has 0 atom stereocenters. The van der Waals surface area contributed by atoms with Crippen LogP contribution in [0.1, 0.15) is 25.0 Å². The van der Waals surface area contributed by atoms with E-state index in [-0.39, 0.29) is 5.78 Å². The van der Waals surface area contributed by atoms with Crippen LogP contribution in [0, 0.1) is 6.92 Å². The number of ether oxygens (including phenoxy) is 1. The van der Waals surface area contributed by atoms with E-state index in [1.807, 2.05) is 31.2 Å². The summed E-state index contributed by atoms with van der Waals surface area (Å²) in [6.07, 6.45) is 1.68. The first-order chi connectivity index (χ1) is 12.8. The van der Waals surface area contributed by atoms with Gasteiger partial charge in [0.1, 0.15) is 11.3 Å². The number of aryl methyl sites for hydroxylation is 1. The molecule has 0 saturated heterocycles. The van der Waals surface area contributed by atoms with Gasteiger partial charge in [0.05, 0.1) is 0 Å². The maximum Gasteiger partial charge on any atom is 0.336 e. The Kier molecular flexibility index (Phi) is 3.88. The van der Waals surface area contributed by atoms with E-state index < -0.39 is 11.2 Å². The highest BCUT2D eigenvalue weighted by Crippen LogP contribution is 2.40. The summed E-state index contributed by atoms with van der Waals surface area (Å²) in [6.45, 7) is 5.50. The molecule has 0 fully saturated rings. The molecule has 27 heavy (non-hydrogen) atoms. The monoisotopic (exact) mass is 361 g/mol. The number of hydrogen-bond donors (Lipinski definition) is 1. The van der Waals surface area contributed by atoms with Crippen LogP contribution in [0.4, 0.5) is 5.69 Å². The van der Waals surface area contributed by atoms with Gasteiger partial charge in [-0.2, -0.15) is 0 Å². The Morgan fingerprint density at radius 1 is 1.00 bits per heavy atom. The predicted molar refractivity (Wildman–Crippen MR) is 105 cm³/mol. The molecule has 1 aliphatic rings. The molecule has 1 aliphatic heterocycles. The van der Waals surface area contributed by atoms with Gasteiger partial charge in [0, 0.05) is 34.5 Å². The van der Waals surface area contributed by atoms with Crippen LogP contribution in [-0.2, 0) is 4.79 Å². The highest BCUT2D eigenvalue weighted by Gasteiger charge is 2.39. The normalized spacial score (nSPS) is 16.9. The molecule has 4 rings (SSSR count). The average Bonchev–Trinajstić information content (AvgIpc) is 2.62. The third-order valence-corrected chi connectivity index (χ3v) is 4.60. The Morgan fingerprint density at radius 3 is 2.48 bits per heavy atom. The second-order valence-electron chi connectivity index (χ2n) is 7.15. The first-order valence-electron chi connectivity index (χ1n) is 8.69. The molecule has 0 radical (unpaired) electrons. The fourth-order valence-corrected chi connectivity index (χ4v) is 3.11. The second-order valence-corrected chi connectivity index (χ2v) is 7.15. The standard InChI is InChI=1S/C22H19NO4/c1-13-4-7-15(8-5-13)23-12-17-16-11-18-14(6-9-20(24)26-18)10-19(16)27-22(2,3)21(17)25/h4-12,23H,1-3H3. The van der Waals surface area contributed by atoms with Crippen molar-refractivity contribution in [2.75, 3.05) is 5.32 Å². The number of rotatable bonds is 2. The third-order valence-electron chi connectivity index (χ3n) is 4.60. The predicted octanol–water partition coefficient (Wildman–Crippen LogP) is 4.29. The van der Waals surface area contributed by atoms with Gasteiger partial charge in [0.15, 0.2) is 5.60 Å².